The van der Waals surface area contributed by atoms with Crippen LogP contribution in [0, 0.1) is 5.41 Å². The van der Waals surface area contributed by atoms with Crippen LogP contribution in [0.15, 0.2) is 0 Å². The van der Waals surface area contributed by atoms with Gasteiger partial charge in [0.05, 0.1) is 0 Å². The summed E-state index contributed by atoms with van der Waals surface area (Å²) < 4.78 is 13.5. The zero-order valence-electron chi connectivity index (χ0n) is 7.75. The van der Waals surface area contributed by atoms with Gasteiger partial charge in [-0.05, 0) is 18.6 Å². The molecule has 76 valence electrons. The second kappa shape index (κ2) is 4.31. The van der Waals surface area contributed by atoms with Gasteiger partial charge >= 0.3 is 5.97 Å². The van der Waals surface area contributed by atoms with Crippen molar-refractivity contribution < 1.29 is 14.3 Å². The third-order valence-corrected chi connectivity index (χ3v) is 3.84. The first kappa shape index (κ1) is 10.8. The number of rotatable bonds is 3. The maximum atomic E-state index is 13.5. The molecule has 1 aliphatic rings. The first-order valence-corrected chi connectivity index (χ1v) is 5.74. The van der Waals surface area contributed by atoms with Crippen molar-refractivity contribution in [2.75, 3.05) is 11.5 Å². The Labute approximate surface area is 81.9 Å². The summed E-state index contributed by atoms with van der Waals surface area (Å²) in [5.41, 5.74) is -1.10. The van der Waals surface area contributed by atoms with E-state index in [1.165, 1.54) is 0 Å². The summed E-state index contributed by atoms with van der Waals surface area (Å²) in [6.45, 7) is 1.90. The van der Waals surface area contributed by atoms with Crippen LogP contribution in [0.1, 0.15) is 26.2 Å². The topological polar surface area (TPSA) is 37.3 Å². The minimum atomic E-state index is -1.16. The van der Waals surface area contributed by atoms with Crippen molar-refractivity contribution in [2.24, 2.45) is 5.41 Å². The predicted molar refractivity (Wildman–Crippen MR) is 51.8 cm³/mol. The molecule has 1 N–H and O–H groups in total. The molecule has 1 heterocycles. The van der Waals surface area contributed by atoms with Crippen LogP contribution < -0.4 is 0 Å². The van der Waals surface area contributed by atoms with Gasteiger partial charge in [-0.1, -0.05) is 13.3 Å². The smallest absolute Gasteiger partial charge is 0.313 e. The van der Waals surface area contributed by atoms with Gasteiger partial charge in [-0.3, -0.25) is 4.79 Å². The van der Waals surface area contributed by atoms with Crippen LogP contribution in [-0.4, -0.2) is 28.8 Å². The summed E-state index contributed by atoms with van der Waals surface area (Å²) in [5, 5.41) is 9.04. The number of carboxylic acids is 1. The van der Waals surface area contributed by atoms with E-state index in [4.69, 9.17) is 5.11 Å². The predicted octanol–water partition coefficient (Wildman–Crippen LogP) is 2.33. The highest BCUT2D eigenvalue weighted by atomic mass is 32.2. The highest BCUT2D eigenvalue weighted by Gasteiger charge is 2.47. The second-order valence-corrected chi connectivity index (χ2v) is 4.63. The Kier molecular flexibility index (Phi) is 3.59. The molecule has 1 rings (SSSR count). The molecule has 2 unspecified atom stereocenters. The molecule has 13 heavy (non-hydrogen) atoms. The van der Waals surface area contributed by atoms with Gasteiger partial charge in [0.15, 0.2) is 0 Å². The van der Waals surface area contributed by atoms with Crippen LogP contribution in [0.5, 0.6) is 0 Å². The Hall–Kier alpha value is -0.250. The Morgan fingerprint density at radius 2 is 2.46 bits per heavy atom. The Morgan fingerprint density at radius 3 is 2.92 bits per heavy atom. The monoisotopic (exact) mass is 206 g/mol. The lowest BCUT2D eigenvalue weighted by Gasteiger charge is -2.35. The average Bonchev–Trinajstić information content (AvgIpc) is 2.09. The van der Waals surface area contributed by atoms with Gasteiger partial charge in [0, 0.05) is 5.75 Å². The maximum absolute atomic E-state index is 13.5. The number of halogens is 1. The van der Waals surface area contributed by atoms with E-state index in [2.05, 4.69) is 0 Å². The van der Waals surface area contributed by atoms with E-state index in [9.17, 15) is 9.18 Å². The highest BCUT2D eigenvalue weighted by molar-refractivity contribution is 7.99. The summed E-state index contributed by atoms with van der Waals surface area (Å²) in [4.78, 5) is 11.0. The number of hydrogen-bond acceptors (Lipinski definition) is 2. The van der Waals surface area contributed by atoms with Crippen molar-refractivity contribution in [2.45, 2.75) is 32.4 Å². The van der Waals surface area contributed by atoms with Gasteiger partial charge in [0.25, 0.3) is 0 Å². The fourth-order valence-corrected chi connectivity index (χ4v) is 3.12. The van der Waals surface area contributed by atoms with Crippen LogP contribution in [0.25, 0.3) is 0 Å². The lowest BCUT2D eigenvalue weighted by atomic mass is 9.79. The first-order chi connectivity index (χ1) is 6.13. The second-order valence-electron chi connectivity index (χ2n) is 3.52. The molecule has 2 nitrogen and oxygen atoms in total. The highest BCUT2D eigenvalue weighted by Crippen LogP contribution is 2.40. The van der Waals surface area contributed by atoms with E-state index in [-0.39, 0.29) is 0 Å². The third kappa shape index (κ3) is 1.98. The minimum absolute atomic E-state index is 0.386. The Morgan fingerprint density at radius 1 is 1.77 bits per heavy atom. The third-order valence-electron chi connectivity index (χ3n) is 2.60. The van der Waals surface area contributed by atoms with Gasteiger partial charge in [-0.15, -0.1) is 0 Å². The number of carboxylic acid groups (broad SMARTS) is 1. The van der Waals surface area contributed by atoms with Crippen molar-refractivity contribution in [3.05, 3.63) is 0 Å². The first-order valence-electron chi connectivity index (χ1n) is 4.58. The van der Waals surface area contributed by atoms with Gasteiger partial charge in [-0.2, -0.15) is 11.8 Å². The largest absolute Gasteiger partial charge is 0.481 e. The van der Waals surface area contributed by atoms with Crippen molar-refractivity contribution in [1.29, 1.82) is 0 Å². The average molecular weight is 206 g/mol. The van der Waals surface area contributed by atoms with Crippen LogP contribution in [0.2, 0.25) is 0 Å². The lowest BCUT2D eigenvalue weighted by Crippen LogP contribution is -2.45. The summed E-state index contributed by atoms with van der Waals surface area (Å²) in [7, 11) is 0. The van der Waals surface area contributed by atoms with E-state index in [1.54, 1.807) is 11.8 Å². The van der Waals surface area contributed by atoms with Gasteiger partial charge in [-0.25, -0.2) is 4.39 Å². The van der Waals surface area contributed by atoms with Crippen LogP contribution in [-0.2, 0) is 4.79 Å². The zero-order valence-corrected chi connectivity index (χ0v) is 8.57. The molecule has 0 radical (unpaired) electrons. The number of thioether (sulfide) groups is 1. The van der Waals surface area contributed by atoms with Crippen LogP contribution in [0.4, 0.5) is 4.39 Å². The fourth-order valence-electron chi connectivity index (χ4n) is 1.79. The molecule has 2 atom stereocenters. The standard InChI is InChI=1S/C9H15FO2S/c1-2-4-9(8(11)12)6-13-5-3-7(9)10/h7H,2-6H2,1H3,(H,11,12). The number of aliphatic carboxylic acids is 1. The molecule has 0 aromatic rings. The summed E-state index contributed by atoms with van der Waals surface area (Å²) in [6, 6.07) is 0. The molecule has 1 aliphatic heterocycles. The van der Waals surface area contributed by atoms with Crippen molar-refractivity contribution >= 4 is 17.7 Å². The van der Waals surface area contributed by atoms with E-state index in [0.717, 1.165) is 12.2 Å². The SMILES string of the molecule is CCCC1(C(=O)O)CSCCC1F. The molecular formula is C9H15FO2S. The maximum Gasteiger partial charge on any atom is 0.313 e. The normalized spacial score (nSPS) is 34.5. The molecule has 0 amide bonds. The molecule has 1 saturated heterocycles. The lowest BCUT2D eigenvalue weighted by molar-refractivity contribution is -0.152. The van der Waals surface area contributed by atoms with E-state index < -0.39 is 17.6 Å². The van der Waals surface area contributed by atoms with Crippen LogP contribution >= 0.6 is 11.8 Å². The molecule has 0 saturated carbocycles. The van der Waals surface area contributed by atoms with Crippen molar-refractivity contribution in [1.82, 2.24) is 0 Å². The molecule has 0 aromatic carbocycles. The molecule has 0 aromatic heterocycles. The van der Waals surface area contributed by atoms with E-state index in [1.807, 2.05) is 6.92 Å². The Balaban J connectivity index is 2.79. The van der Waals surface area contributed by atoms with E-state index in [0.29, 0.717) is 18.6 Å². The summed E-state index contributed by atoms with van der Waals surface area (Å²) in [5.74, 6) is 0.214. The summed E-state index contributed by atoms with van der Waals surface area (Å²) >= 11 is 1.55. The molecule has 1 fully saturated rings. The van der Waals surface area contributed by atoms with Gasteiger partial charge < -0.3 is 5.11 Å². The fraction of sp³-hybridized carbons (Fsp3) is 0.889. The molecule has 0 bridgehead atoms. The number of carbonyl (C=O) groups is 1. The van der Waals surface area contributed by atoms with Crippen LogP contribution in [0.3, 0.4) is 0 Å². The molecule has 0 spiro atoms. The number of hydrogen-bond donors (Lipinski definition) is 1. The van der Waals surface area contributed by atoms with Gasteiger partial charge in [0.1, 0.15) is 11.6 Å². The molecule has 0 aliphatic carbocycles. The quantitative estimate of drug-likeness (QED) is 0.770. The Bertz CT molecular complexity index is 194. The summed E-state index contributed by atoms with van der Waals surface area (Å²) in [6.07, 6.45) is 0.409. The number of alkyl halides is 1. The molecule has 4 heteroatoms. The van der Waals surface area contributed by atoms with Gasteiger partial charge in [0.2, 0.25) is 0 Å². The minimum Gasteiger partial charge on any atom is -0.481 e. The molecular weight excluding hydrogens is 191 g/mol. The van der Waals surface area contributed by atoms with E-state index >= 15 is 0 Å². The van der Waals surface area contributed by atoms with Crippen molar-refractivity contribution in [3.63, 3.8) is 0 Å². The zero-order chi connectivity index (χ0) is 9.90. The van der Waals surface area contributed by atoms with Crippen molar-refractivity contribution in [3.8, 4) is 0 Å².